The van der Waals surface area contributed by atoms with Gasteiger partial charge in [-0.05, 0) is 98.1 Å². The minimum atomic E-state index is 0.536. The van der Waals surface area contributed by atoms with Crippen LogP contribution in [0.2, 0.25) is 0 Å². The zero-order chi connectivity index (χ0) is 49.0. The molecule has 0 saturated heterocycles. The summed E-state index contributed by atoms with van der Waals surface area (Å²) in [5.74, 6) is 1.72. The van der Waals surface area contributed by atoms with Gasteiger partial charge in [0.15, 0.2) is 11.6 Å². The highest BCUT2D eigenvalue weighted by molar-refractivity contribution is 6.28. The zero-order valence-electron chi connectivity index (χ0n) is 40.2. The molecular formula is C69H45N5. The average Bonchev–Trinajstić information content (AvgIpc) is 4.09. The van der Waals surface area contributed by atoms with Crippen LogP contribution in [0.4, 0.5) is 0 Å². The van der Waals surface area contributed by atoms with E-state index in [0.717, 1.165) is 99.4 Å². The molecule has 0 fully saturated rings. The maximum Gasteiger partial charge on any atom is 0.238 e. The van der Waals surface area contributed by atoms with Crippen molar-refractivity contribution in [3.8, 4) is 90.0 Å². The lowest BCUT2D eigenvalue weighted by atomic mass is 9.93. The third-order valence-corrected chi connectivity index (χ3v) is 14.4. The minimum Gasteiger partial charge on any atom is -0.307 e. The molecule has 346 valence electrons. The van der Waals surface area contributed by atoms with Crippen LogP contribution < -0.4 is 0 Å². The van der Waals surface area contributed by atoms with Gasteiger partial charge in [0.1, 0.15) is 0 Å². The first kappa shape index (κ1) is 42.9. The molecule has 0 radical (unpaired) electrons. The molecule has 0 bridgehead atoms. The van der Waals surface area contributed by atoms with Crippen LogP contribution in [0.5, 0.6) is 0 Å². The van der Waals surface area contributed by atoms with Crippen molar-refractivity contribution in [2.45, 2.75) is 0 Å². The van der Waals surface area contributed by atoms with Crippen LogP contribution in [0.25, 0.3) is 134 Å². The lowest BCUT2D eigenvalue weighted by Crippen LogP contribution is -2.07. The molecule has 3 heterocycles. The number of hydrogen-bond acceptors (Lipinski definition) is 3. The number of hydrogen-bond donors (Lipinski definition) is 0. The van der Waals surface area contributed by atoms with Crippen LogP contribution in [-0.2, 0) is 0 Å². The first-order valence-corrected chi connectivity index (χ1v) is 25.1. The molecule has 0 spiro atoms. The van der Waals surface area contributed by atoms with Crippen LogP contribution in [0.3, 0.4) is 0 Å². The van der Waals surface area contributed by atoms with Gasteiger partial charge in [-0.1, -0.05) is 231 Å². The van der Waals surface area contributed by atoms with Gasteiger partial charge in [0, 0.05) is 38.4 Å². The van der Waals surface area contributed by atoms with Gasteiger partial charge in [-0.25, -0.2) is 4.98 Å². The second-order valence-corrected chi connectivity index (χ2v) is 18.8. The fourth-order valence-corrected chi connectivity index (χ4v) is 10.9. The summed E-state index contributed by atoms with van der Waals surface area (Å²) >= 11 is 0. The van der Waals surface area contributed by atoms with Gasteiger partial charge in [0.05, 0.1) is 22.1 Å². The third kappa shape index (κ3) is 7.46. The smallest absolute Gasteiger partial charge is 0.238 e. The van der Waals surface area contributed by atoms with E-state index in [1.54, 1.807) is 0 Å². The van der Waals surface area contributed by atoms with Crippen molar-refractivity contribution in [1.82, 2.24) is 24.1 Å². The van der Waals surface area contributed by atoms with E-state index in [0.29, 0.717) is 17.6 Å². The standard InChI is InChI=1S/C69H45N5/c1-5-19-46(20-6-1)49-35-37-52(38-36-49)68-70-67(51-25-11-4-12-26-51)71-69(72-68)74-63-34-16-14-32-59(63)64-60(56-30-18-29-55(44-56)54-28-17-27-53(43-54)48-23-9-3-10-24-48)45-61-58-31-13-15-33-62(58)73(65(61)66(64)74)57-41-39-50(40-42-57)47-21-7-2-8-22-47/h1-45H. The Morgan fingerprint density at radius 2 is 0.635 bits per heavy atom. The second kappa shape index (κ2) is 18.0. The number of benzene rings is 11. The Morgan fingerprint density at radius 1 is 0.243 bits per heavy atom. The van der Waals surface area contributed by atoms with Crippen molar-refractivity contribution in [2.75, 3.05) is 0 Å². The summed E-state index contributed by atoms with van der Waals surface area (Å²) in [6.07, 6.45) is 0. The van der Waals surface area contributed by atoms with E-state index in [4.69, 9.17) is 15.0 Å². The Hall–Kier alpha value is -9.97. The molecule has 5 nitrogen and oxygen atoms in total. The SMILES string of the molecule is c1ccc(-c2ccc(-c3nc(-c4ccccc4)nc(-n4c5ccccc5c5c(-c6cccc(-c7cccc(-c8ccccc8)c7)c6)cc6c7ccccc7n(-c7ccc(-c8ccccc8)cc7)c6c54)n3)cc2)cc1. The van der Waals surface area contributed by atoms with Gasteiger partial charge >= 0.3 is 0 Å². The van der Waals surface area contributed by atoms with Crippen LogP contribution in [0.15, 0.2) is 273 Å². The maximum atomic E-state index is 5.50. The molecule has 0 atom stereocenters. The summed E-state index contributed by atoms with van der Waals surface area (Å²) in [7, 11) is 0. The molecule has 74 heavy (non-hydrogen) atoms. The summed E-state index contributed by atoms with van der Waals surface area (Å²) in [6, 6.07) is 97.3. The molecule has 11 aromatic carbocycles. The van der Waals surface area contributed by atoms with Gasteiger partial charge in [-0.3, -0.25) is 4.57 Å². The average molecular weight is 944 g/mol. The van der Waals surface area contributed by atoms with Crippen molar-refractivity contribution in [1.29, 1.82) is 0 Å². The van der Waals surface area contributed by atoms with Crippen molar-refractivity contribution in [3.63, 3.8) is 0 Å². The number of para-hydroxylation sites is 2. The molecule has 0 saturated carbocycles. The van der Waals surface area contributed by atoms with Crippen LogP contribution >= 0.6 is 0 Å². The van der Waals surface area contributed by atoms with E-state index in [1.807, 2.05) is 24.3 Å². The van der Waals surface area contributed by atoms with E-state index in [-0.39, 0.29) is 0 Å². The molecule has 0 aliphatic heterocycles. The summed E-state index contributed by atoms with van der Waals surface area (Å²) in [5, 5.41) is 4.50. The minimum absolute atomic E-state index is 0.536. The molecule has 0 N–H and O–H groups in total. The first-order chi connectivity index (χ1) is 36.7. The molecule has 0 amide bonds. The first-order valence-electron chi connectivity index (χ1n) is 25.1. The quantitative estimate of drug-likeness (QED) is 0.145. The Bertz CT molecular complexity index is 4370. The van der Waals surface area contributed by atoms with Gasteiger partial charge in [-0.2, -0.15) is 9.97 Å². The molecular weight excluding hydrogens is 899 g/mol. The summed E-state index contributed by atoms with van der Waals surface area (Å²) in [5.41, 5.74) is 18.6. The van der Waals surface area contributed by atoms with Gasteiger partial charge < -0.3 is 4.57 Å². The lowest BCUT2D eigenvalue weighted by Gasteiger charge is -2.15. The van der Waals surface area contributed by atoms with E-state index >= 15 is 0 Å². The van der Waals surface area contributed by atoms with E-state index in [9.17, 15) is 0 Å². The predicted molar refractivity (Wildman–Crippen MR) is 307 cm³/mol. The predicted octanol–water partition coefficient (Wildman–Crippen LogP) is 17.7. The normalized spacial score (nSPS) is 11.5. The molecule has 14 aromatic rings. The summed E-state index contributed by atoms with van der Waals surface area (Å²) in [6.45, 7) is 0. The monoisotopic (exact) mass is 943 g/mol. The van der Waals surface area contributed by atoms with E-state index < -0.39 is 0 Å². The highest BCUT2D eigenvalue weighted by Crippen LogP contribution is 2.47. The topological polar surface area (TPSA) is 48.5 Å². The Labute approximate surface area is 428 Å². The third-order valence-electron chi connectivity index (χ3n) is 14.4. The van der Waals surface area contributed by atoms with E-state index in [2.05, 4.69) is 258 Å². The lowest BCUT2D eigenvalue weighted by molar-refractivity contribution is 0.953. The van der Waals surface area contributed by atoms with Crippen molar-refractivity contribution in [2.24, 2.45) is 0 Å². The maximum absolute atomic E-state index is 5.50. The summed E-state index contributed by atoms with van der Waals surface area (Å²) < 4.78 is 4.74. The van der Waals surface area contributed by atoms with E-state index in [1.165, 1.54) is 16.7 Å². The number of aromatic nitrogens is 5. The Kier molecular flexibility index (Phi) is 10.4. The highest BCUT2D eigenvalue weighted by Gasteiger charge is 2.26. The highest BCUT2D eigenvalue weighted by atomic mass is 15.2. The zero-order valence-corrected chi connectivity index (χ0v) is 40.2. The molecule has 0 unspecified atom stereocenters. The number of rotatable bonds is 9. The van der Waals surface area contributed by atoms with Gasteiger partial charge in [0.25, 0.3) is 0 Å². The van der Waals surface area contributed by atoms with Gasteiger partial charge in [-0.15, -0.1) is 0 Å². The fraction of sp³-hybridized carbons (Fsp3) is 0. The van der Waals surface area contributed by atoms with Crippen molar-refractivity contribution < 1.29 is 0 Å². The van der Waals surface area contributed by atoms with Gasteiger partial charge in [0.2, 0.25) is 5.95 Å². The fourth-order valence-electron chi connectivity index (χ4n) is 10.9. The number of nitrogens with zero attached hydrogens (tertiary/aromatic N) is 5. The Morgan fingerprint density at radius 3 is 1.22 bits per heavy atom. The summed E-state index contributed by atoms with van der Waals surface area (Å²) in [4.78, 5) is 16.2. The van der Waals surface area contributed by atoms with Crippen LogP contribution in [0, 0.1) is 0 Å². The molecule has 0 aliphatic rings. The largest absolute Gasteiger partial charge is 0.307 e. The molecule has 3 aromatic heterocycles. The molecule has 14 rings (SSSR count). The molecule has 5 heteroatoms. The van der Waals surface area contributed by atoms with Crippen molar-refractivity contribution in [3.05, 3.63) is 273 Å². The number of fused-ring (bicyclic) bond motifs is 7. The Balaban J connectivity index is 1.07. The molecule has 0 aliphatic carbocycles. The van der Waals surface area contributed by atoms with Crippen molar-refractivity contribution >= 4 is 43.6 Å². The second-order valence-electron chi connectivity index (χ2n) is 18.8. The van der Waals surface area contributed by atoms with Crippen LogP contribution in [-0.4, -0.2) is 24.1 Å². The van der Waals surface area contributed by atoms with Crippen LogP contribution in [0.1, 0.15) is 0 Å².